The highest BCUT2D eigenvalue weighted by atomic mass is 32.2. The number of hydrogen-bond acceptors (Lipinski definition) is 5. The standard InChI is InChI=1S/C14H16N2O3S/c1-3-19-13(17)9-20-10(2)14(18)16-12-6-4-5-11(7-12)8-15/h4-7,10H,3,9H2,1-2H3,(H,16,18)/t10-/m0/s1. The van der Waals surface area contributed by atoms with E-state index in [-0.39, 0.29) is 22.9 Å². The lowest BCUT2D eigenvalue weighted by Crippen LogP contribution is -2.24. The van der Waals surface area contributed by atoms with Gasteiger partial charge in [-0.25, -0.2) is 0 Å². The summed E-state index contributed by atoms with van der Waals surface area (Å²) in [5.74, 6) is -0.404. The fourth-order valence-corrected chi connectivity index (χ4v) is 2.06. The summed E-state index contributed by atoms with van der Waals surface area (Å²) in [6.45, 7) is 3.79. The van der Waals surface area contributed by atoms with E-state index >= 15 is 0 Å². The lowest BCUT2D eigenvalue weighted by atomic mass is 10.2. The van der Waals surface area contributed by atoms with Gasteiger partial charge in [0.25, 0.3) is 0 Å². The van der Waals surface area contributed by atoms with Gasteiger partial charge in [-0.05, 0) is 32.0 Å². The van der Waals surface area contributed by atoms with Crippen molar-refractivity contribution in [2.75, 3.05) is 17.7 Å². The highest BCUT2D eigenvalue weighted by Gasteiger charge is 2.15. The van der Waals surface area contributed by atoms with Crippen LogP contribution in [0, 0.1) is 11.3 Å². The lowest BCUT2D eigenvalue weighted by Gasteiger charge is -2.11. The number of nitrogens with zero attached hydrogens (tertiary/aromatic N) is 1. The first-order valence-electron chi connectivity index (χ1n) is 6.15. The van der Waals surface area contributed by atoms with E-state index in [4.69, 9.17) is 10.00 Å². The molecule has 106 valence electrons. The zero-order valence-corrected chi connectivity index (χ0v) is 12.2. The number of carbonyl (C=O) groups excluding carboxylic acids is 2. The molecule has 0 radical (unpaired) electrons. The van der Waals surface area contributed by atoms with Crippen LogP contribution in [0.15, 0.2) is 24.3 Å². The SMILES string of the molecule is CCOC(=O)CS[C@@H](C)C(=O)Nc1cccc(C#N)c1. The summed E-state index contributed by atoms with van der Waals surface area (Å²) in [6.07, 6.45) is 0. The third kappa shape index (κ3) is 5.33. The Balaban J connectivity index is 2.49. The fourth-order valence-electron chi connectivity index (χ4n) is 1.38. The van der Waals surface area contributed by atoms with E-state index in [1.165, 1.54) is 11.8 Å². The number of amides is 1. The smallest absolute Gasteiger partial charge is 0.315 e. The van der Waals surface area contributed by atoms with Crippen molar-refractivity contribution in [2.45, 2.75) is 19.1 Å². The highest BCUT2D eigenvalue weighted by Crippen LogP contribution is 2.15. The molecule has 20 heavy (non-hydrogen) atoms. The van der Waals surface area contributed by atoms with Crippen LogP contribution in [-0.4, -0.2) is 29.5 Å². The van der Waals surface area contributed by atoms with Crippen molar-refractivity contribution >= 4 is 29.3 Å². The van der Waals surface area contributed by atoms with Crippen molar-refractivity contribution < 1.29 is 14.3 Å². The van der Waals surface area contributed by atoms with E-state index in [1.807, 2.05) is 6.07 Å². The van der Waals surface area contributed by atoms with Crippen molar-refractivity contribution in [3.8, 4) is 6.07 Å². The molecule has 0 aliphatic carbocycles. The first-order valence-corrected chi connectivity index (χ1v) is 7.20. The Labute approximate surface area is 122 Å². The molecular formula is C14H16N2O3S. The van der Waals surface area contributed by atoms with Gasteiger partial charge in [0.15, 0.2) is 0 Å². The quantitative estimate of drug-likeness (QED) is 0.813. The molecule has 0 saturated heterocycles. The molecule has 1 aromatic rings. The summed E-state index contributed by atoms with van der Waals surface area (Å²) in [5.41, 5.74) is 1.05. The number of thioether (sulfide) groups is 1. The predicted octanol–water partition coefficient (Wildman–Crippen LogP) is 2.18. The number of nitriles is 1. The van der Waals surface area contributed by atoms with Gasteiger partial charge in [0.1, 0.15) is 0 Å². The van der Waals surface area contributed by atoms with E-state index in [1.54, 1.807) is 38.1 Å². The van der Waals surface area contributed by atoms with Crippen LogP contribution < -0.4 is 5.32 Å². The molecule has 0 fully saturated rings. The van der Waals surface area contributed by atoms with Crippen molar-refractivity contribution in [1.82, 2.24) is 0 Å². The summed E-state index contributed by atoms with van der Waals surface area (Å²) < 4.78 is 4.79. The summed E-state index contributed by atoms with van der Waals surface area (Å²) in [7, 11) is 0. The Morgan fingerprint density at radius 2 is 2.25 bits per heavy atom. The van der Waals surface area contributed by atoms with Crippen LogP contribution >= 0.6 is 11.8 Å². The molecule has 1 rings (SSSR count). The molecule has 5 nitrogen and oxygen atoms in total. The van der Waals surface area contributed by atoms with Gasteiger partial charge in [0, 0.05) is 5.69 Å². The minimum absolute atomic E-state index is 0.140. The maximum atomic E-state index is 11.9. The van der Waals surface area contributed by atoms with Gasteiger partial charge in [0.05, 0.1) is 29.2 Å². The number of nitrogens with one attached hydrogen (secondary N) is 1. The number of esters is 1. The van der Waals surface area contributed by atoms with E-state index < -0.39 is 0 Å². The average Bonchev–Trinajstić information content (AvgIpc) is 2.45. The molecule has 0 unspecified atom stereocenters. The largest absolute Gasteiger partial charge is 0.465 e. The molecule has 1 atom stereocenters. The second-order valence-corrected chi connectivity index (χ2v) is 5.27. The van der Waals surface area contributed by atoms with Gasteiger partial charge in [-0.2, -0.15) is 5.26 Å². The Kier molecular flexibility index (Phi) is 6.60. The molecule has 0 spiro atoms. The number of benzene rings is 1. The fraction of sp³-hybridized carbons (Fsp3) is 0.357. The van der Waals surface area contributed by atoms with Crippen LogP contribution in [0.5, 0.6) is 0 Å². The normalized spacial score (nSPS) is 11.2. The van der Waals surface area contributed by atoms with Gasteiger partial charge in [-0.15, -0.1) is 11.8 Å². The van der Waals surface area contributed by atoms with Gasteiger partial charge in [-0.1, -0.05) is 6.07 Å². The Bertz CT molecular complexity index is 525. The topological polar surface area (TPSA) is 79.2 Å². The highest BCUT2D eigenvalue weighted by molar-refractivity contribution is 8.01. The van der Waals surface area contributed by atoms with Gasteiger partial charge >= 0.3 is 5.97 Å². The lowest BCUT2D eigenvalue weighted by molar-refractivity contribution is -0.139. The zero-order chi connectivity index (χ0) is 15.0. The minimum Gasteiger partial charge on any atom is -0.465 e. The Morgan fingerprint density at radius 1 is 1.50 bits per heavy atom. The van der Waals surface area contributed by atoms with Crippen molar-refractivity contribution in [3.63, 3.8) is 0 Å². The molecule has 1 aromatic carbocycles. The summed E-state index contributed by atoms with van der Waals surface area (Å²) >= 11 is 1.21. The van der Waals surface area contributed by atoms with Crippen LogP contribution in [0.1, 0.15) is 19.4 Å². The molecule has 6 heteroatoms. The Morgan fingerprint density at radius 3 is 2.90 bits per heavy atom. The number of anilines is 1. The first kappa shape index (κ1) is 16.1. The van der Waals surface area contributed by atoms with E-state index in [2.05, 4.69) is 5.32 Å². The van der Waals surface area contributed by atoms with Crippen LogP contribution in [0.25, 0.3) is 0 Å². The monoisotopic (exact) mass is 292 g/mol. The van der Waals surface area contributed by atoms with Crippen LogP contribution in [0.4, 0.5) is 5.69 Å². The molecular weight excluding hydrogens is 276 g/mol. The molecule has 1 amide bonds. The number of rotatable bonds is 6. The predicted molar refractivity (Wildman–Crippen MR) is 78.3 cm³/mol. The summed E-state index contributed by atoms with van der Waals surface area (Å²) in [4.78, 5) is 23.1. The van der Waals surface area contributed by atoms with Gasteiger partial charge in [0.2, 0.25) is 5.91 Å². The third-order valence-corrected chi connectivity index (χ3v) is 3.50. The Hall–Kier alpha value is -2.00. The van der Waals surface area contributed by atoms with Crippen molar-refractivity contribution in [2.24, 2.45) is 0 Å². The molecule has 0 bridgehead atoms. The van der Waals surface area contributed by atoms with Crippen molar-refractivity contribution in [1.29, 1.82) is 5.26 Å². The van der Waals surface area contributed by atoms with Gasteiger partial charge in [-0.3, -0.25) is 9.59 Å². The molecule has 0 heterocycles. The van der Waals surface area contributed by atoms with Crippen LogP contribution in [0.3, 0.4) is 0 Å². The molecule has 0 aliphatic rings. The number of hydrogen-bond donors (Lipinski definition) is 1. The zero-order valence-electron chi connectivity index (χ0n) is 11.4. The molecule has 0 aromatic heterocycles. The maximum Gasteiger partial charge on any atom is 0.315 e. The van der Waals surface area contributed by atoms with E-state index in [0.717, 1.165) is 0 Å². The second kappa shape index (κ2) is 8.23. The van der Waals surface area contributed by atoms with E-state index in [0.29, 0.717) is 17.9 Å². The van der Waals surface area contributed by atoms with Crippen LogP contribution in [0.2, 0.25) is 0 Å². The maximum absolute atomic E-state index is 11.9. The van der Waals surface area contributed by atoms with Crippen molar-refractivity contribution in [3.05, 3.63) is 29.8 Å². The summed E-state index contributed by atoms with van der Waals surface area (Å²) in [5, 5.41) is 11.1. The minimum atomic E-state index is -0.384. The number of carbonyl (C=O) groups is 2. The van der Waals surface area contributed by atoms with Crippen LogP contribution in [-0.2, 0) is 14.3 Å². The molecule has 0 saturated carbocycles. The first-order chi connectivity index (χ1) is 9.56. The second-order valence-electron chi connectivity index (χ2n) is 3.94. The third-order valence-electron chi connectivity index (χ3n) is 2.38. The molecule has 1 N–H and O–H groups in total. The molecule has 0 aliphatic heterocycles. The summed E-state index contributed by atoms with van der Waals surface area (Å²) in [6, 6.07) is 8.67. The number of ether oxygens (including phenoxy) is 1. The van der Waals surface area contributed by atoms with Gasteiger partial charge < -0.3 is 10.1 Å². The van der Waals surface area contributed by atoms with E-state index in [9.17, 15) is 9.59 Å². The average molecular weight is 292 g/mol.